The van der Waals surface area contributed by atoms with Gasteiger partial charge < -0.3 is 4.98 Å². The molecule has 2 aromatic heterocycles. The van der Waals surface area contributed by atoms with Crippen LogP contribution in [0.3, 0.4) is 0 Å². The molecule has 7 nitrogen and oxygen atoms in total. The van der Waals surface area contributed by atoms with Crippen molar-refractivity contribution >= 4 is 31.6 Å². The van der Waals surface area contributed by atoms with Crippen molar-refractivity contribution in [2.24, 2.45) is 0 Å². The molecule has 0 spiro atoms. The molecule has 33 heavy (non-hydrogen) atoms. The Morgan fingerprint density at radius 3 is 2.39 bits per heavy atom. The second-order valence-corrected chi connectivity index (χ2v) is 11.2. The first-order valence-corrected chi connectivity index (χ1v) is 13.0. The first kappa shape index (κ1) is 22.0. The minimum atomic E-state index is -3.50. The molecule has 0 bridgehead atoms. The fourth-order valence-corrected chi connectivity index (χ4v) is 6.47. The van der Waals surface area contributed by atoms with E-state index in [1.165, 1.54) is 15.6 Å². The van der Waals surface area contributed by atoms with Gasteiger partial charge in [-0.05, 0) is 30.7 Å². The maximum atomic E-state index is 12.9. The van der Waals surface area contributed by atoms with Gasteiger partial charge in [-0.1, -0.05) is 48.0 Å². The van der Waals surface area contributed by atoms with Crippen LogP contribution < -0.4 is 5.56 Å². The minimum Gasteiger partial charge on any atom is -0.309 e. The van der Waals surface area contributed by atoms with E-state index in [0.717, 1.165) is 16.0 Å². The molecule has 0 radical (unpaired) electrons. The fraction of sp³-hybridized carbons (Fsp3) is 0.250. The van der Waals surface area contributed by atoms with Crippen LogP contribution in [0.25, 0.3) is 20.7 Å². The van der Waals surface area contributed by atoms with E-state index in [0.29, 0.717) is 53.7 Å². The van der Waals surface area contributed by atoms with Crippen LogP contribution in [0.2, 0.25) is 0 Å². The normalized spacial score (nSPS) is 15.8. The Balaban J connectivity index is 1.29. The molecule has 0 unspecified atom stereocenters. The summed E-state index contributed by atoms with van der Waals surface area (Å²) in [7, 11) is -3.50. The van der Waals surface area contributed by atoms with E-state index in [9.17, 15) is 13.2 Å². The van der Waals surface area contributed by atoms with Gasteiger partial charge in [-0.25, -0.2) is 13.4 Å². The van der Waals surface area contributed by atoms with Crippen LogP contribution in [0.15, 0.2) is 70.4 Å². The summed E-state index contributed by atoms with van der Waals surface area (Å²) in [5.74, 6) is 0.601. The number of thiophene rings is 1. The highest BCUT2D eigenvalue weighted by atomic mass is 32.2. The molecule has 5 rings (SSSR count). The third-order valence-corrected chi connectivity index (χ3v) is 8.86. The average Bonchev–Trinajstić information content (AvgIpc) is 3.25. The van der Waals surface area contributed by atoms with Crippen molar-refractivity contribution in [2.45, 2.75) is 18.4 Å². The number of aromatic nitrogens is 2. The van der Waals surface area contributed by atoms with Crippen molar-refractivity contribution in [3.63, 3.8) is 0 Å². The Morgan fingerprint density at radius 1 is 1.00 bits per heavy atom. The Morgan fingerprint density at radius 2 is 1.70 bits per heavy atom. The second-order valence-electron chi connectivity index (χ2n) is 8.20. The van der Waals surface area contributed by atoms with Crippen molar-refractivity contribution in [1.29, 1.82) is 0 Å². The lowest BCUT2D eigenvalue weighted by atomic mass is 10.2. The van der Waals surface area contributed by atoms with Crippen LogP contribution in [0.4, 0.5) is 0 Å². The number of nitrogens with one attached hydrogen (secondary N) is 1. The number of rotatable bonds is 5. The first-order chi connectivity index (χ1) is 15.9. The van der Waals surface area contributed by atoms with Crippen LogP contribution in [-0.2, 0) is 16.6 Å². The topological polar surface area (TPSA) is 86.4 Å². The molecule has 9 heteroatoms. The number of benzene rings is 2. The predicted molar refractivity (Wildman–Crippen MR) is 131 cm³/mol. The second kappa shape index (κ2) is 8.83. The molecule has 3 heterocycles. The van der Waals surface area contributed by atoms with Crippen molar-refractivity contribution < 1.29 is 8.42 Å². The highest BCUT2D eigenvalue weighted by Gasteiger charge is 2.28. The molecule has 1 N–H and O–H groups in total. The molecule has 0 amide bonds. The van der Waals surface area contributed by atoms with Crippen LogP contribution in [0.5, 0.6) is 0 Å². The van der Waals surface area contributed by atoms with Gasteiger partial charge in [-0.2, -0.15) is 4.31 Å². The Hall–Kier alpha value is -2.85. The smallest absolute Gasteiger partial charge is 0.259 e. The average molecular weight is 481 g/mol. The first-order valence-electron chi connectivity index (χ1n) is 10.8. The molecule has 1 aliphatic heterocycles. The molecule has 0 atom stereocenters. The monoisotopic (exact) mass is 480 g/mol. The van der Waals surface area contributed by atoms with Crippen LogP contribution in [-0.4, -0.2) is 53.8 Å². The minimum absolute atomic E-state index is 0.144. The lowest BCUT2D eigenvalue weighted by Crippen LogP contribution is -2.48. The van der Waals surface area contributed by atoms with Gasteiger partial charge in [0.1, 0.15) is 10.7 Å². The van der Waals surface area contributed by atoms with Gasteiger partial charge in [-0.15, -0.1) is 11.3 Å². The molecular weight excluding hydrogens is 456 g/mol. The summed E-state index contributed by atoms with van der Waals surface area (Å²) in [5, 5.41) is 0.594. The summed E-state index contributed by atoms with van der Waals surface area (Å²) in [6.45, 7) is 4.37. The lowest BCUT2D eigenvalue weighted by Gasteiger charge is -2.33. The molecule has 1 aliphatic rings. The molecule has 1 fully saturated rings. The predicted octanol–water partition coefficient (Wildman–Crippen LogP) is 3.47. The number of aromatic amines is 1. The van der Waals surface area contributed by atoms with Crippen molar-refractivity contribution in [3.8, 4) is 10.4 Å². The number of sulfonamides is 1. The number of hydrogen-bond acceptors (Lipinski definition) is 6. The maximum absolute atomic E-state index is 12.9. The molecule has 0 saturated carbocycles. The van der Waals surface area contributed by atoms with Gasteiger partial charge in [0.05, 0.1) is 16.8 Å². The van der Waals surface area contributed by atoms with Crippen LogP contribution in [0, 0.1) is 6.92 Å². The lowest BCUT2D eigenvalue weighted by molar-refractivity contribution is 0.178. The number of aryl methyl sites for hydroxylation is 1. The summed E-state index contributed by atoms with van der Waals surface area (Å²) >= 11 is 1.51. The summed E-state index contributed by atoms with van der Waals surface area (Å²) in [6, 6.07) is 18.8. The van der Waals surface area contributed by atoms with Crippen molar-refractivity contribution in [1.82, 2.24) is 19.2 Å². The summed E-state index contributed by atoms with van der Waals surface area (Å²) in [4.78, 5) is 24.4. The molecule has 2 aromatic carbocycles. The van der Waals surface area contributed by atoms with Crippen LogP contribution >= 0.6 is 11.3 Å². The number of nitrogens with zero attached hydrogens (tertiary/aromatic N) is 3. The van der Waals surface area contributed by atoms with Gasteiger partial charge in [0.15, 0.2) is 0 Å². The van der Waals surface area contributed by atoms with E-state index in [2.05, 4.69) is 14.9 Å². The summed E-state index contributed by atoms with van der Waals surface area (Å²) in [6.07, 6.45) is 0. The molecule has 0 aliphatic carbocycles. The molecule has 170 valence electrons. The standard InChI is InChI=1S/C24H24N4O3S2/c1-17-7-9-19(10-8-17)33(30,31)28-13-11-27(12-14-28)16-22-25-23(29)20-15-21(32-24(20)26-22)18-5-3-2-4-6-18/h2-10,15H,11-14,16H2,1H3,(H,25,26,29). The van der Waals surface area contributed by atoms with Crippen molar-refractivity contribution in [3.05, 3.63) is 82.4 Å². The Kier molecular flexibility index (Phi) is 5.88. The highest BCUT2D eigenvalue weighted by molar-refractivity contribution is 7.89. The SMILES string of the molecule is Cc1ccc(S(=O)(=O)N2CCN(Cc3nc4sc(-c5ccccc5)cc4c(=O)[nH]3)CC2)cc1. The Labute approximate surface area is 196 Å². The van der Waals surface area contributed by atoms with Crippen LogP contribution in [0.1, 0.15) is 11.4 Å². The van der Waals surface area contributed by atoms with Gasteiger partial charge in [0.2, 0.25) is 10.0 Å². The van der Waals surface area contributed by atoms with E-state index in [1.807, 2.05) is 55.5 Å². The maximum Gasteiger partial charge on any atom is 0.259 e. The number of fused-ring (bicyclic) bond motifs is 1. The fourth-order valence-electron chi connectivity index (χ4n) is 3.99. The van der Waals surface area contributed by atoms with Gasteiger partial charge in [0, 0.05) is 31.1 Å². The van der Waals surface area contributed by atoms with Gasteiger partial charge >= 0.3 is 0 Å². The van der Waals surface area contributed by atoms with E-state index in [1.54, 1.807) is 12.1 Å². The quantitative estimate of drug-likeness (QED) is 0.473. The van der Waals surface area contributed by atoms with Gasteiger partial charge in [0.25, 0.3) is 5.56 Å². The zero-order valence-corrected chi connectivity index (χ0v) is 19.8. The largest absolute Gasteiger partial charge is 0.309 e. The molecule has 4 aromatic rings. The van der Waals surface area contributed by atoms with E-state index in [4.69, 9.17) is 0 Å². The number of hydrogen-bond donors (Lipinski definition) is 1. The molecular formula is C24H24N4O3S2. The summed E-state index contributed by atoms with van der Waals surface area (Å²) in [5.41, 5.74) is 1.94. The summed E-state index contributed by atoms with van der Waals surface area (Å²) < 4.78 is 27.4. The Bertz CT molecular complexity index is 1440. The van der Waals surface area contributed by atoms with Crippen molar-refractivity contribution in [2.75, 3.05) is 26.2 Å². The third kappa shape index (κ3) is 4.49. The number of piperazine rings is 1. The van der Waals surface area contributed by atoms with E-state index in [-0.39, 0.29) is 5.56 Å². The van der Waals surface area contributed by atoms with E-state index >= 15 is 0 Å². The zero-order valence-electron chi connectivity index (χ0n) is 18.2. The zero-order chi connectivity index (χ0) is 23.0. The number of H-pyrrole nitrogens is 1. The van der Waals surface area contributed by atoms with E-state index < -0.39 is 10.0 Å². The van der Waals surface area contributed by atoms with Gasteiger partial charge in [-0.3, -0.25) is 9.69 Å². The highest BCUT2D eigenvalue weighted by Crippen LogP contribution is 2.30. The third-order valence-electron chi connectivity index (χ3n) is 5.87. The molecule has 1 saturated heterocycles.